The van der Waals surface area contributed by atoms with Crippen LogP contribution in [0.1, 0.15) is 34.4 Å². The van der Waals surface area contributed by atoms with Crippen LogP contribution in [-0.4, -0.2) is 47.5 Å². The summed E-state index contributed by atoms with van der Waals surface area (Å²) in [4.78, 5) is 31.2. The second-order valence-electron chi connectivity index (χ2n) is 9.04. The lowest BCUT2D eigenvalue weighted by Gasteiger charge is -2.29. The van der Waals surface area contributed by atoms with Crippen LogP contribution in [0, 0.1) is 24.1 Å². The number of nitrogens with zero attached hydrogens (tertiary/aromatic N) is 3. The Kier molecular flexibility index (Phi) is 8.88. The van der Waals surface area contributed by atoms with Crippen molar-refractivity contribution in [3.8, 4) is 6.07 Å². The highest BCUT2D eigenvalue weighted by atomic mass is 32.1. The number of ether oxygens (including phenoxy) is 1. The van der Waals surface area contributed by atoms with Crippen molar-refractivity contribution in [3.63, 3.8) is 0 Å². The summed E-state index contributed by atoms with van der Waals surface area (Å²) in [5.74, 6) is -0.563. The fourth-order valence-electron chi connectivity index (χ4n) is 4.17. The zero-order valence-electron chi connectivity index (χ0n) is 20.7. The van der Waals surface area contributed by atoms with Crippen molar-refractivity contribution in [1.82, 2.24) is 9.80 Å². The summed E-state index contributed by atoms with van der Waals surface area (Å²) >= 11 is 1.57. The molecular weight excluding hydrogens is 491 g/mol. The molecule has 3 aromatic rings. The van der Waals surface area contributed by atoms with Crippen molar-refractivity contribution in [3.05, 3.63) is 87.4 Å². The van der Waals surface area contributed by atoms with Crippen LogP contribution in [0.2, 0.25) is 0 Å². The van der Waals surface area contributed by atoms with E-state index in [9.17, 15) is 19.2 Å². The first-order chi connectivity index (χ1) is 17.9. The number of urea groups is 1. The van der Waals surface area contributed by atoms with Crippen molar-refractivity contribution in [2.75, 3.05) is 25.0 Å². The molecule has 1 aromatic heterocycles. The van der Waals surface area contributed by atoms with Gasteiger partial charge < -0.3 is 19.9 Å². The molecule has 0 aliphatic carbocycles. The van der Waals surface area contributed by atoms with Crippen molar-refractivity contribution >= 4 is 29.0 Å². The molecule has 0 spiro atoms. The molecular formula is C28H29FN4O3S. The van der Waals surface area contributed by atoms with E-state index in [1.165, 1.54) is 17.0 Å². The van der Waals surface area contributed by atoms with Crippen LogP contribution in [-0.2, 0) is 22.6 Å². The number of amides is 3. The Hall–Kier alpha value is -3.74. The summed E-state index contributed by atoms with van der Waals surface area (Å²) in [6.07, 6.45) is 1.58. The fraction of sp³-hybridized carbons (Fsp3) is 0.321. The fourth-order valence-corrected chi connectivity index (χ4v) is 5.09. The number of rotatable bonds is 9. The highest BCUT2D eigenvalue weighted by molar-refractivity contribution is 7.10. The van der Waals surface area contributed by atoms with Crippen LogP contribution >= 0.6 is 11.3 Å². The summed E-state index contributed by atoms with van der Waals surface area (Å²) in [5.41, 5.74) is 2.79. The Morgan fingerprint density at radius 2 is 1.97 bits per heavy atom. The highest BCUT2D eigenvalue weighted by Gasteiger charge is 2.27. The number of benzene rings is 2. The summed E-state index contributed by atoms with van der Waals surface area (Å²) in [5, 5.41) is 14.0. The molecule has 1 fully saturated rings. The lowest BCUT2D eigenvalue weighted by molar-refractivity contribution is -0.133. The molecule has 0 radical (unpaired) electrons. The Labute approximate surface area is 220 Å². The molecule has 0 saturated carbocycles. The maximum absolute atomic E-state index is 13.6. The number of halogens is 1. The normalized spacial score (nSPS) is 14.7. The number of hydrogen-bond acceptors (Lipinski definition) is 5. The molecule has 3 amide bonds. The van der Waals surface area contributed by atoms with Crippen LogP contribution in [0.25, 0.3) is 0 Å². The van der Waals surface area contributed by atoms with Gasteiger partial charge in [0.2, 0.25) is 5.91 Å². The second kappa shape index (κ2) is 12.5. The number of aryl methyl sites for hydroxylation is 1. The number of carbonyl (C=O) groups excluding carboxylic acids is 2. The van der Waals surface area contributed by atoms with Crippen LogP contribution in [0.15, 0.2) is 60.0 Å². The van der Waals surface area contributed by atoms with Crippen LogP contribution in [0.4, 0.5) is 14.9 Å². The van der Waals surface area contributed by atoms with E-state index in [1.54, 1.807) is 52.6 Å². The third-order valence-electron chi connectivity index (χ3n) is 6.25. The Bertz CT molecular complexity index is 1260. The number of thiophene rings is 1. The molecule has 1 aliphatic heterocycles. The standard InChI is InChI=1S/C28H29FN4O3S/c1-20-11-13-37-26(20)18-32(16-21-7-9-23(29)10-8-21)27(34)19-33(17-25-6-3-12-36-25)28(35)31-24-5-2-4-22(14-24)15-30/h2,4-5,7-11,13-14,25H,3,6,12,16-19H2,1H3,(H,31,35)/t25-/m0/s1. The van der Waals surface area contributed by atoms with Gasteiger partial charge >= 0.3 is 6.03 Å². The van der Waals surface area contributed by atoms with Crippen molar-refractivity contribution in [2.45, 2.75) is 39.0 Å². The van der Waals surface area contributed by atoms with Gasteiger partial charge in [0.05, 0.1) is 24.3 Å². The minimum atomic E-state index is -0.437. The maximum atomic E-state index is 13.6. The van der Waals surface area contributed by atoms with Gasteiger partial charge in [0.1, 0.15) is 12.4 Å². The zero-order chi connectivity index (χ0) is 26.2. The van der Waals surface area contributed by atoms with Gasteiger partial charge in [-0.25, -0.2) is 9.18 Å². The van der Waals surface area contributed by atoms with E-state index in [1.807, 2.05) is 18.4 Å². The number of nitrogens with one attached hydrogen (secondary N) is 1. The molecule has 1 N–H and O–H groups in total. The van der Waals surface area contributed by atoms with Gasteiger partial charge in [-0.1, -0.05) is 18.2 Å². The number of hydrogen-bond donors (Lipinski definition) is 1. The number of nitriles is 1. The molecule has 0 unspecified atom stereocenters. The number of carbonyl (C=O) groups is 2. The van der Waals surface area contributed by atoms with Gasteiger partial charge in [-0.15, -0.1) is 11.3 Å². The summed E-state index contributed by atoms with van der Waals surface area (Å²) in [6.45, 7) is 3.44. The van der Waals surface area contributed by atoms with E-state index in [4.69, 9.17) is 4.74 Å². The van der Waals surface area contributed by atoms with E-state index in [2.05, 4.69) is 11.4 Å². The predicted molar refractivity (Wildman–Crippen MR) is 140 cm³/mol. The Balaban J connectivity index is 1.53. The lowest BCUT2D eigenvalue weighted by atomic mass is 10.2. The Morgan fingerprint density at radius 3 is 2.65 bits per heavy atom. The van der Waals surface area contributed by atoms with E-state index in [0.29, 0.717) is 24.4 Å². The third-order valence-corrected chi connectivity index (χ3v) is 7.25. The van der Waals surface area contributed by atoms with Gasteiger partial charge in [-0.2, -0.15) is 5.26 Å². The molecule has 4 rings (SSSR count). The molecule has 1 aliphatic rings. The average Bonchev–Trinajstić information content (AvgIpc) is 3.56. The zero-order valence-corrected chi connectivity index (χ0v) is 21.5. The largest absolute Gasteiger partial charge is 0.376 e. The maximum Gasteiger partial charge on any atom is 0.322 e. The van der Waals surface area contributed by atoms with Crippen LogP contribution in [0.5, 0.6) is 0 Å². The van der Waals surface area contributed by atoms with Gasteiger partial charge in [0.15, 0.2) is 0 Å². The minimum Gasteiger partial charge on any atom is -0.376 e. The quantitative estimate of drug-likeness (QED) is 0.414. The molecule has 1 saturated heterocycles. The van der Waals surface area contributed by atoms with Gasteiger partial charge in [-0.05, 0) is 72.7 Å². The monoisotopic (exact) mass is 520 g/mol. The van der Waals surface area contributed by atoms with Crippen LogP contribution < -0.4 is 5.32 Å². The topological polar surface area (TPSA) is 85.7 Å². The van der Waals surface area contributed by atoms with E-state index in [0.717, 1.165) is 28.8 Å². The molecule has 7 nitrogen and oxygen atoms in total. The summed E-state index contributed by atoms with van der Waals surface area (Å²) < 4.78 is 19.2. The average molecular weight is 521 g/mol. The summed E-state index contributed by atoms with van der Waals surface area (Å²) in [6, 6.07) is 16.3. The van der Waals surface area contributed by atoms with E-state index >= 15 is 0 Å². The predicted octanol–water partition coefficient (Wildman–Crippen LogP) is 5.31. The van der Waals surface area contributed by atoms with E-state index < -0.39 is 6.03 Å². The van der Waals surface area contributed by atoms with Crippen LogP contribution in [0.3, 0.4) is 0 Å². The Morgan fingerprint density at radius 1 is 1.16 bits per heavy atom. The second-order valence-corrected chi connectivity index (χ2v) is 10.0. The van der Waals surface area contributed by atoms with Gasteiger partial charge in [-0.3, -0.25) is 4.79 Å². The lowest BCUT2D eigenvalue weighted by Crippen LogP contribution is -2.46. The smallest absolute Gasteiger partial charge is 0.322 e. The number of anilines is 1. The molecule has 2 heterocycles. The first-order valence-corrected chi connectivity index (χ1v) is 13.0. The highest BCUT2D eigenvalue weighted by Crippen LogP contribution is 2.21. The molecule has 192 valence electrons. The van der Waals surface area contributed by atoms with E-state index in [-0.39, 0.29) is 37.5 Å². The first-order valence-electron chi connectivity index (χ1n) is 12.1. The SMILES string of the molecule is Cc1ccsc1CN(Cc1ccc(F)cc1)C(=O)CN(C[C@@H]1CCCO1)C(=O)Nc1cccc(C#N)c1. The molecule has 1 atom stereocenters. The van der Waals surface area contributed by atoms with Gasteiger partial charge in [0, 0.05) is 30.3 Å². The van der Waals surface area contributed by atoms with Crippen molar-refractivity contribution in [2.24, 2.45) is 0 Å². The summed E-state index contributed by atoms with van der Waals surface area (Å²) in [7, 11) is 0. The third kappa shape index (κ3) is 7.38. The molecule has 2 aromatic carbocycles. The van der Waals surface area contributed by atoms with Gasteiger partial charge in [0.25, 0.3) is 0 Å². The van der Waals surface area contributed by atoms with Crippen molar-refractivity contribution in [1.29, 1.82) is 5.26 Å². The van der Waals surface area contributed by atoms with Crippen molar-refractivity contribution < 1.29 is 18.7 Å². The molecule has 37 heavy (non-hydrogen) atoms. The minimum absolute atomic E-state index is 0.144. The molecule has 0 bridgehead atoms. The first kappa shape index (κ1) is 26.3. The molecule has 9 heteroatoms.